The Bertz CT molecular complexity index is 693. The van der Waals surface area contributed by atoms with Gasteiger partial charge in [0.25, 0.3) is 0 Å². The third-order valence-electron chi connectivity index (χ3n) is 4.47. The zero-order valence-electron chi connectivity index (χ0n) is 13.1. The van der Waals surface area contributed by atoms with E-state index in [-0.39, 0.29) is 5.91 Å². The lowest BCUT2D eigenvalue weighted by molar-refractivity contribution is -0.124. The van der Waals surface area contributed by atoms with E-state index in [2.05, 4.69) is 5.32 Å². The monoisotopic (exact) mass is 329 g/mol. The molecule has 0 bridgehead atoms. The highest BCUT2D eigenvalue weighted by Gasteiger charge is 2.45. The Labute approximate surface area is 141 Å². The van der Waals surface area contributed by atoms with Crippen LogP contribution in [-0.2, 0) is 10.2 Å². The molecular formula is C19H20ClNO2. The Balaban J connectivity index is 1.85. The van der Waals surface area contributed by atoms with Crippen LogP contribution in [0.5, 0.6) is 5.75 Å². The summed E-state index contributed by atoms with van der Waals surface area (Å²) in [6.07, 6.45) is 2.78. The maximum absolute atomic E-state index is 13.0. The lowest BCUT2D eigenvalue weighted by atomic mass is 9.64. The zero-order valence-corrected chi connectivity index (χ0v) is 13.9. The van der Waals surface area contributed by atoms with Crippen molar-refractivity contribution in [2.45, 2.75) is 31.6 Å². The average molecular weight is 330 g/mol. The van der Waals surface area contributed by atoms with Gasteiger partial charge in [0.2, 0.25) is 5.91 Å². The summed E-state index contributed by atoms with van der Waals surface area (Å²) in [5, 5.41) is 3.74. The first kappa shape index (κ1) is 15.9. The normalized spacial score (nSPS) is 15.6. The van der Waals surface area contributed by atoms with E-state index in [9.17, 15) is 4.79 Å². The molecule has 2 aromatic carbocycles. The van der Waals surface area contributed by atoms with Crippen molar-refractivity contribution in [3.8, 4) is 5.75 Å². The Morgan fingerprint density at radius 2 is 1.87 bits per heavy atom. The first-order valence-corrected chi connectivity index (χ1v) is 8.33. The fourth-order valence-electron chi connectivity index (χ4n) is 3.04. The van der Waals surface area contributed by atoms with Crippen LogP contribution >= 0.6 is 11.6 Å². The number of nitrogens with one attached hydrogen (secondary N) is 1. The van der Waals surface area contributed by atoms with Gasteiger partial charge in [-0.15, -0.1) is 0 Å². The van der Waals surface area contributed by atoms with Gasteiger partial charge in [-0.25, -0.2) is 0 Å². The minimum Gasteiger partial charge on any atom is -0.492 e. The fraction of sp³-hybridized carbons (Fsp3) is 0.316. The van der Waals surface area contributed by atoms with Gasteiger partial charge in [0.05, 0.1) is 17.7 Å². The molecule has 0 heterocycles. The molecule has 0 aliphatic heterocycles. The average Bonchev–Trinajstić information content (AvgIpc) is 2.50. The molecule has 1 saturated carbocycles. The molecule has 0 saturated heterocycles. The van der Waals surface area contributed by atoms with E-state index in [1.165, 1.54) is 0 Å². The van der Waals surface area contributed by atoms with E-state index in [0.29, 0.717) is 17.4 Å². The van der Waals surface area contributed by atoms with Crippen molar-refractivity contribution >= 4 is 23.2 Å². The zero-order chi connectivity index (χ0) is 16.3. The van der Waals surface area contributed by atoms with Gasteiger partial charge in [-0.2, -0.15) is 0 Å². The summed E-state index contributed by atoms with van der Waals surface area (Å²) >= 11 is 5.97. The van der Waals surface area contributed by atoms with Gasteiger partial charge in [-0.3, -0.25) is 4.79 Å². The molecule has 0 unspecified atom stereocenters. The number of rotatable bonds is 5. The van der Waals surface area contributed by atoms with E-state index < -0.39 is 5.41 Å². The van der Waals surface area contributed by atoms with Crippen molar-refractivity contribution in [1.29, 1.82) is 0 Å². The van der Waals surface area contributed by atoms with Crippen molar-refractivity contribution in [3.63, 3.8) is 0 Å². The summed E-state index contributed by atoms with van der Waals surface area (Å²) in [6, 6.07) is 15.1. The number of anilines is 1. The number of para-hydroxylation sites is 2. The van der Waals surface area contributed by atoms with Crippen molar-refractivity contribution in [3.05, 3.63) is 59.1 Å². The standard InChI is InChI=1S/C19H20ClNO2/c1-2-23-17-7-4-3-6-16(17)21-18(22)19(12-5-13-19)14-8-10-15(20)11-9-14/h3-4,6-11H,2,5,12-13H2,1H3,(H,21,22). The molecule has 1 aliphatic rings. The molecule has 1 N–H and O–H groups in total. The fourth-order valence-corrected chi connectivity index (χ4v) is 3.17. The molecular weight excluding hydrogens is 310 g/mol. The largest absolute Gasteiger partial charge is 0.492 e. The van der Waals surface area contributed by atoms with Gasteiger partial charge in [0, 0.05) is 5.02 Å². The van der Waals surface area contributed by atoms with E-state index in [1.54, 1.807) is 0 Å². The number of amides is 1. The van der Waals surface area contributed by atoms with Crippen LogP contribution in [0.3, 0.4) is 0 Å². The molecule has 1 fully saturated rings. The number of halogens is 1. The topological polar surface area (TPSA) is 38.3 Å². The summed E-state index contributed by atoms with van der Waals surface area (Å²) in [5.74, 6) is 0.729. The Morgan fingerprint density at radius 3 is 2.48 bits per heavy atom. The molecule has 3 nitrogen and oxygen atoms in total. The van der Waals surface area contributed by atoms with Gasteiger partial charge >= 0.3 is 0 Å². The van der Waals surface area contributed by atoms with Gasteiger partial charge in [-0.1, -0.05) is 42.3 Å². The lowest BCUT2D eigenvalue weighted by Gasteiger charge is -2.40. The molecule has 1 amide bonds. The first-order chi connectivity index (χ1) is 11.2. The number of benzene rings is 2. The van der Waals surface area contributed by atoms with Crippen LogP contribution in [-0.4, -0.2) is 12.5 Å². The maximum atomic E-state index is 13.0. The highest BCUT2D eigenvalue weighted by atomic mass is 35.5. The lowest BCUT2D eigenvalue weighted by Crippen LogP contribution is -2.46. The highest BCUT2D eigenvalue weighted by molar-refractivity contribution is 6.30. The van der Waals surface area contributed by atoms with Crippen LogP contribution in [0.2, 0.25) is 5.02 Å². The minimum atomic E-state index is -0.454. The second-order valence-electron chi connectivity index (χ2n) is 5.83. The molecule has 0 atom stereocenters. The first-order valence-electron chi connectivity index (χ1n) is 7.95. The van der Waals surface area contributed by atoms with Gasteiger partial charge < -0.3 is 10.1 Å². The summed E-state index contributed by atoms with van der Waals surface area (Å²) in [7, 11) is 0. The Morgan fingerprint density at radius 1 is 1.17 bits per heavy atom. The minimum absolute atomic E-state index is 0.0261. The van der Waals surface area contributed by atoms with Crippen LogP contribution < -0.4 is 10.1 Å². The van der Waals surface area contributed by atoms with E-state index >= 15 is 0 Å². The molecule has 2 aromatic rings. The third kappa shape index (κ3) is 3.06. The van der Waals surface area contributed by atoms with Crippen molar-refractivity contribution in [1.82, 2.24) is 0 Å². The second kappa shape index (κ2) is 6.63. The predicted molar refractivity (Wildman–Crippen MR) is 93.2 cm³/mol. The summed E-state index contributed by atoms with van der Waals surface area (Å²) < 4.78 is 5.59. The van der Waals surface area contributed by atoms with Crippen LogP contribution in [0, 0.1) is 0 Å². The number of ether oxygens (including phenoxy) is 1. The highest BCUT2D eigenvalue weighted by Crippen LogP contribution is 2.45. The second-order valence-corrected chi connectivity index (χ2v) is 6.26. The van der Waals surface area contributed by atoms with Crippen LogP contribution in [0.15, 0.2) is 48.5 Å². The number of hydrogen-bond acceptors (Lipinski definition) is 2. The molecule has 23 heavy (non-hydrogen) atoms. The van der Waals surface area contributed by atoms with Crippen LogP contribution in [0.1, 0.15) is 31.7 Å². The predicted octanol–water partition coefficient (Wildman–Crippen LogP) is 4.80. The number of hydrogen-bond donors (Lipinski definition) is 1. The smallest absolute Gasteiger partial charge is 0.235 e. The molecule has 1 aliphatic carbocycles. The van der Waals surface area contributed by atoms with E-state index in [0.717, 1.165) is 30.5 Å². The molecule has 4 heteroatoms. The third-order valence-corrected chi connectivity index (χ3v) is 4.73. The SMILES string of the molecule is CCOc1ccccc1NC(=O)C1(c2ccc(Cl)cc2)CCC1. The van der Waals surface area contributed by atoms with Crippen molar-refractivity contribution in [2.24, 2.45) is 0 Å². The molecule has 120 valence electrons. The molecule has 0 aromatic heterocycles. The Kier molecular flexibility index (Phi) is 4.58. The molecule has 3 rings (SSSR count). The summed E-state index contributed by atoms with van der Waals surface area (Å²) in [4.78, 5) is 13.0. The maximum Gasteiger partial charge on any atom is 0.235 e. The van der Waals surface area contributed by atoms with Gasteiger partial charge in [0.1, 0.15) is 5.75 Å². The van der Waals surface area contributed by atoms with Gasteiger partial charge in [0.15, 0.2) is 0 Å². The van der Waals surface area contributed by atoms with Gasteiger partial charge in [-0.05, 0) is 49.6 Å². The number of carbonyl (C=O) groups is 1. The summed E-state index contributed by atoms with van der Waals surface area (Å²) in [6.45, 7) is 2.49. The van der Waals surface area contributed by atoms with E-state index in [1.807, 2.05) is 55.5 Å². The van der Waals surface area contributed by atoms with Crippen LogP contribution in [0.4, 0.5) is 5.69 Å². The Hall–Kier alpha value is -2.00. The quantitative estimate of drug-likeness (QED) is 0.855. The van der Waals surface area contributed by atoms with E-state index in [4.69, 9.17) is 16.3 Å². The number of carbonyl (C=O) groups excluding carboxylic acids is 1. The molecule has 0 spiro atoms. The van der Waals surface area contributed by atoms with Crippen molar-refractivity contribution in [2.75, 3.05) is 11.9 Å². The van der Waals surface area contributed by atoms with Crippen LogP contribution in [0.25, 0.3) is 0 Å². The molecule has 0 radical (unpaired) electrons. The summed E-state index contributed by atoms with van der Waals surface area (Å²) in [5.41, 5.74) is 1.29. The van der Waals surface area contributed by atoms with Crippen molar-refractivity contribution < 1.29 is 9.53 Å².